The maximum absolute atomic E-state index is 12.5. The molecule has 0 bridgehead atoms. The van der Waals surface area contributed by atoms with Crippen molar-refractivity contribution in [3.8, 4) is 17.2 Å². The van der Waals surface area contributed by atoms with Gasteiger partial charge in [0.1, 0.15) is 17.2 Å². The number of rotatable bonds is 4. The summed E-state index contributed by atoms with van der Waals surface area (Å²) in [5, 5.41) is 9.90. The van der Waals surface area contributed by atoms with Gasteiger partial charge in [-0.2, -0.15) is 13.2 Å². The van der Waals surface area contributed by atoms with Gasteiger partial charge in [0.25, 0.3) is 0 Å². The molecule has 2 aromatic carbocycles. The number of nitrogens with zero attached hydrogens (tertiary/aromatic N) is 1. The number of aromatic hydroxyl groups is 1. The number of nitrogens with two attached hydrogens (primary N) is 1. The lowest BCUT2D eigenvalue weighted by atomic mass is 10.2. The highest BCUT2D eigenvalue weighted by Gasteiger charge is 2.41. The molecule has 0 spiro atoms. The van der Waals surface area contributed by atoms with Crippen LogP contribution < -0.4 is 10.5 Å². The molecule has 0 radical (unpaired) electrons. The molecule has 0 unspecified atom stereocenters. The van der Waals surface area contributed by atoms with Crippen molar-refractivity contribution in [2.24, 2.45) is 0 Å². The highest BCUT2D eigenvalue weighted by atomic mass is 35.5. The predicted molar refractivity (Wildman–Crippen MR) is 86.6 cm³/mol. The Kier molecular flexibility index (Phi) is 5.32. The van der Waals surface area contributed by atoms with Crippen LogP contribution in [0.3, 0.4) is 0 Å². The van der Waals surface area contributed by atoms with Gasteiger partial charge in [-0.15, -0.1) is 0 Å². The molecule has 0 aliphatic heterocycles. The van der Waals surface area contributed by atoms with Crippen molar-refractivity contribution in [3.05, 3.63) is 47.0 Å². The van der Waals surface area contributed by atoms with Crippen LogP contribution >= 0.6 is 11.6 Å². The van der Waals surface area contributed by atoms with Crippen molar-refractivity contribution in [2.75, 3.05) is 12.8 Å². The summed E-state index contributed by atoms with van der Waals surface area (Å²) in [5.74, 6) is -1.82. The summed E-state index contributed by atoms with van der Waals surface area (Å²) in [4.78, 5) is 11.8. The molecule has 0 saturated carbocycles. The third-order valence-electron chi connectivity index (χ3n) is 3.26. The van der Waals surface area contributed by atoms with Crippen LogP contribution in [0.25, 0.3) is 0 Å². The van der Waals surface area contributed by atoms with Gasteiger partial charge < -0.3 is 20.5 Å². The van der Waals surface area contributed by atoms with E-state index >= 15 is 0 Å². The van der Waals surface area contributed by atoms with Crippen molar-refractivity contribution < 1.29 is 27.8 Å². The highest BCUT2D eigenvalue weighted by Crippen LogP contribution is 2.33. The number of hydrogen-bond donors (Lipinski definition) is 2. The topological polar surface area (TPSA) is 75.8 Å². The smallest absolute Gasteiger partial charge is 0.471 e. The third kappa shape index (κ3) is 4.69. The summed E-state index contributed by atoms with van der Waals surface area (Å²) >= 11 is 5.90. The predicted octanol–water partition coefficient (Wildman–Crippen LogP) is 3.94. The van der Waals surface area contributed by atoms with Crippen molar-refractivity contribution >= 4 is 23.2 Å². The lowest BCUT2D eigenvalue weighted by molar-refractivity contribution is -0.184. The zero-order valence-electron chi connectivity index (χ0n) is 13.0. The molecule has 0 atom stereocenters. The second-order valence-corrected chi connectivity index (χ2v) is 5.67. The van der Waals surface area contributed by atoms with Crippen LogP contribution in [0.15, 0.2) is 36.4 Å². The van der Waals surface area contributed by atoms with Gasteiger partial charge in [0.2, 0.25) is 0 Å². The van der Waals surface area contributed by atoms with E-state index in [4.69, 9.17) is 22.1 Å². The first kappa shape index (κ1) is 18.7. The van der Waals surface area contributed by atoms with Gasteiger partial charge in [-0.25, -0.2) is 0 Å². The Hall–Kier alpha value is -2.61. The van der Waals surface area contributed by atoms with Crippen LogP contribution in [0, 0.1) is 0 Å². The van der Waals surface area contributed by atoms with Gasteiger partial charge in [-0.1, -0.05) is 17.7 Å². The van der Waals surface area contributed by atoms with Crippen LogP contribution in [0.1, 0.15) is 5.56 Å². The Labute approximate surface area is 146 Å². The number of nitrogen functional groups attached to an aromatic ring is 1. The van der Waals surface area contributed by atoms with Crippen LogP contribution in [-0.2, 0) is 11.3 Å². The Balaban J connectivity index is 2.28. The molecule has 2 rings (SSSR count). The summed E-state index contributed by atoms with van der Waals surface area (Å²) in [6.07, 6.45) is -4.97. The molecule has 0 aliphatic rings. The minimum Gasteiger partial charge on any atom is -0.506 e. The van der Waals surface area contributed by atoms with E-state index in [2.05, 4.69) is 0 Å². The van der Waals surface area contributed by atoms with E-state index in [-0.39, 0.29) is 29.5 Å². The molecule has 2 aromatic rings. The lowest BCUT2D eigenvalue weighted by Gasteiger charge is -2.20. The normalized spacial score (nSPS) is 11.2. The van der Waals surface area contributed by atoms with E-state index < -0.39 is 12.1 Å². The zero-order valence-corrected chi connectivity index (χ0v) is 13.7. The van der Waals surface area contributed by atoms with E-state index in [1.807, 2.05) is 0 Å². The molecule has 134 valence electrons. The second-order valence-electron chi connectivity index (χ2n) is 5.23. The Bertz CT molecular complexity index is 797. The Morgan fingerprint density at radius 3 is 2.56 bits per heavy atom. The fourth-order valence-electron chi connectivity index (χ4n) is 2.01. The highest BCUT2D eigenvalue weighted by molar-refractivity contribution is 6.30. The average Bonchev–Trinajstić information content (AvgIpc) is 2.51. The van der Waals surface area contributed by atoms with Gasteiger partial charge in [0, 0.05) is 30.2 Å². The molecule has 0 saturated heterocycles. The van der Waals surface area contributed by atoms with Crippen molar-refractivity contribution in [2.45, 2.75) is 12.7 Å². The van der Waals surface area contributed by atoms with Gasteiger partial charge in [0.15, 0.2) is 0 Å². The van der Waals surface area contributed by atoms with Crippen LogP contribution in [-0.4, -0.2) is 29.1 Å². The molecule has 5 nitrogen and oxygen atoms in total. The van der Waals surface area contributed by atoms with Crippen molar-refractivity contribution in [3.63, 3.8) is 0 Å². The Morgan fingerprint density at radius 2 is 1.96 bits per heavy atom. The number of carbonyl (C=O) groups excluding carboxylic acids is 1. The minimum absolute atomic E-state index is 0.147. The molecule has 0 fully saturated rings. The number of carbonyl (C=O) groups is 1. The standard InChI is InChI=1S/C16H14ClF3N2O3/c1-22(15(24)16(18,19)20)8-9-2-3-10(17)6-14(9)25-11-4-5-12(21)13(23)7-11/h2-7,23H,8,21H2,1H3. The average molecular weight is 375 g/mol. The molecular formula is C16H14ClF3N2O3. The second kappa shape index (κ2) is 7.10. The van der Waals surface area contributed by atoms with Crippen LogP contribution in [0.4, 0.5) is 18.9 Å². The molecular weight excluding hydrogens is 361 g/mol. The van der Waals surface area contributed by atoms with E-state index in [0.717, 1.165) is 7.05 Å². The first-order valence-electron chi connectivity index (χ1n) is 6.95. The Morgan fingerprint density at radius 1 is 1.28 bits per heavy atom. The summed E-state index contributed by atoms with van der Waals surface area (Å²) in [5.41, 5.74) is 5.95. The largest absolute Gasteiger partial charge is 0.506 e. The van der Waals surface area contributed by atoms with E-state index in [0.29, 0.717) is 15.5 Å². The first-order valence-corrected chi connectivity index (χ1v) is 7.33. The van der Waals surface area contributed by atoms with Gasteiger partial charge in [0.05, 0.1) is 5.69 Å². The maximum atomic E-state index is 12.5. The number of anilines is 1. The molecule has 1 amide bonds. The van der Waals surface area contributed by atoms with Crippen LogP contribution in [0.2, 0.25) is 5.02 Å². The number of benzene rings is 2. The van der Waals surface area contributed by atoms with Gasteiger partial charge in [-0.05, 0) is 24.3 Å². The summed E-state index contributed by atoms with van der Waals surface area (Å²) in [6, 6.07) is 8.46. The maximum Gasteiger partial charge on any atom is 0.471 e. The zero-order chi connectivity index (χ0) is 18.8. The summed E-state index contributed by atoms with van der Waals surface area (Å²) in [7, 11) is 1.03. The monoisotopic (exact) mass is 374 g/mol. The molecule has 0 heterocycles. The number of amides is 1. The molecule has 25 heavy (non-hydrogen) atoms. The first-order chi connectivity index (χ1) is 11.6. The van der Waals surface area contributed by atoms with Crippen molar-refractivity contribution in [1.82, 2.24) is 4.90 Å². The number of alkyl halides is 3. The van der Waals surface area contributed by atoms with E-state index in [9.17, 15) is 23.1 Å². The number of phenolic OH excluding ortho intramolecular Hbond substituents is 1. The lowest BCUT2D eigenvalue weighted by Crippen LogP contribution is -2.38. The van der Waals surface area contributed by atoms with Crippen molar-refractivity contribution in [1.29, 1.82) is 0 Å². The van der Waals surface area contributed by atoms with Crippen LogP contribution in [0.5, 0.6) is 17.2 Å². The quantitative estimate of drug-likeness (QED) is 0.628. The van der Waals surface area contributed by atoms with Gasteiger partial charge >= 0.3 is 12.1 Å². The fourth-order valence-corrected chi connectivity index (χ4v) is 2.17. The summed E-state index contributed by atoms with van der Waals surface area (Å²) in [6.45, 7) is -0.341. The number of halogens is 4. The molecule has 3 N–H and O–H groups in total. The number of ether oxygens (including phenoxy) is 1. The molecule has 0 aliphatic carbocycles. The minimum atomic E-state index is -4.97. The number of hydrogen-bond acceptors (Lipinski definition) is 4. The van der Waals surface area contributed by atoms with Gasteiger partial charge in [-0.3, -0.25) is 4.79 Å². The summed E-state index contributed by atoms with van der Waals surface area (Å²) < 4.78 is 43.1. The third-order valence-corrected chi connectivity index (χ3v) is 3.49. The van der Waals surface area contributed by atoms with E-state index in [1.54, 1.807) is 0 Å². The molecule has 0 aromatic heterocycles. The molecule has 9 heteroatoms. The number of phenols is 1. The SMILES string of the molecule is CN(Cc1ccc(Cl)cc1Oc1ccc(N)c(O)c1)C(=O)C(F)(F)F. The fraction of sp³-hybridized carbons (Fsp3) is 0.188. The van der Waals surface area contributed by atoms with E-state index in [1.165, 1.54) is 36.4 Å².